The maximum atomic E-state index is 12.9. The van der Waals surface area contributed by atoms with Gasteiger partial charge in [-0.05, 0) is 66.7 Å². The first-order chi connectivity index (χ1) is 12.3. The van der Waals surface area contributed by atoms with E-state index in [1.807, 2.05) is 60.7 Å². The Labute approximate surface area is 144 Å². The lowest BCUT2D eigenvalue weighted by molar-refractivity contribution is 0.480. The highest BCUT2D eigenvalue weighted by molar-refractivity contribution is 5.80. The second-order valence-electron chi connectivity index (χ2n) is 5.59. The molecule has 3 nitrogen and oxygen atoms in total. The number of halogens is 1. The van der Waals surface area contributed by atoms with E-state index >= 15 is 0 Å². The van der Waals surface area contributed by atoms with Gasteiger partial charge in [0.05, 0.1) is 5.52 Å². The van der Waals surface area contributed by atoms with E-state index in [-0.39, 0.29) is 5.82 Å². The monoisotopic (exact) mass is 330 g/mol. The Morgan fingerprint density at radius 1 is 0.720 bits per heavy atom. The minimum Gasteiger partial charge on any atom is -0.457 e. The fourth-order valence-electron chi connectivity index (χ4n) is 2.53. The number of fused-ring (bicyclic) bond motifs is 1. The molecule has 1 N–H and O–H groups in total. The van der Waals surface area contributed by atoms with Crippen LogP contribution in [0, 0.1) is 5.82 Å². The first-order valence-electron chi connectivity index (χ1n) is 7.93. The molecule has 0 aliphatic carbocycles. The largest absolute Gasteiger partial charge is 0.457 e. The van der Waals surface area contributed by atoms with Gasteiger partial charge in [-0.2, -0.15) is 0 Å². The summed E-state index contributed by atoms with van der Waals surface area (Å²) in [5, 5.41) is 4.39. The number of benzene rings is 3. The summed E-state index contributed by atoms with van der Waals surface area (Å²) in [5.74, 6) is 1.78. The number of hydrogen-bond acceptors (Lipinski definition) is 3. The zero-order valence-electron chi connectivity index (χ0n) is 13.3. The molecule has 0 saturated heterocycles. The number of ether oxygens (including phenoxy) is 1. The number of aromatic nitrogens is 1. The highest BCUT2D eigenvalue weighted by Crippen LogP contribution is 2.25. The fraction of sp³-hybridized carbons (Fsp3) is 0. The van der Waals surface area contributed by atoms with E-state index in [0.717, 1.165) is 22.4 Å². The smallest absolute Gasteiger partial charge is 0.131 e. The first kappa shape index (κ1) is 15.1. The molecule has 0 radical (unpaired) electrons. The summed E-state index contributed by atoms with van der Waals surface area (Å²) in [6.45, 7) is 0. The summed E-state index contributed by atoms with van der Waals surface area (Å²) < 4.78 is 18.6. The lowest BCUT2D eigenvalue weighted by Crippen LogP contribution is -1.93. The number of anilines is 2. The van der Waals surface area contributed by atoms with E-state index in [4.69, 9.17) is 4.74 Å². The Bertz CT molecular complexity index is 998. The van der Waals surface area contributed by atoms with Crippen LogP contribution in [0.3, 0.4) is 0 Å². The molecule has 0 amide bonds. The molecular weight excluding hydrogens is 315 g/mol. The van der Waals surface area contributed by atoms with E-state index in [0.29, 0.717) is 11.5 Å². The molecule has 4 aromatic rings. The second-order valence-corrected chi connectivity index (χ2v) is 5.59. The van der Waals surface area contributed by atoms with Crippen molar-refractivity contribution in [2.24, 2.45) is 0 Å². The van der Waals surface area contributed by atoms with Crippen molar-refractivity contribution in [1.82, 2.24) is 4.98 Å². The standard InChI is InChI=1S/C21H15FN2O/c22-16-6-10-18(11-7-16)25-19-12-8-17(9-13-19)23-21-14-5-15-3-1-2-4-20(15)24-21/h1-14H,(H,23,24). The highest BCUT2D eigenvalue weighted by atomic mass is 19.1. The maximum absolute atomic E-state index is 12.9. The molecule has 0 saturated carbocycles. The molecule has 0 atom stereocenters. The van der Waals surface area contributed by atoms with E-state index in [9.17, 15) is 4.39 Å². The lowest BCUT2D eigenvalue weighted by Gasteiger charge is -2.09. The predicted octanol–water partition coefficient (Wildman–Crippen LogP) is 5.91. The minimum atomic E-state index is -0.283. The molecule has 0 bridgehead atoms. The van der Waals surface area contributed by atoms with E-state index in [1.54, 1.807) is 12.1 Å². The third kappa shape index (κ3) is 3.58. The first-order valence-corrected chi connectivity index (χ1v) is 7.93. The molecule has 0 fully saturated rings. The normalized spacial score (nSPS) is 10.6. The van der Waals surface area contributed by atoms with Crippen LogP contribution in [-0.2, 0) is 0 Å². The number of hydrogen-bond donors (Lipinski definition) is 1. The third-order valence-electron chi connectivity index (χ3n) is 3.77. The third-order valence-corrected chi connectivity index (χ3v) is 3.77. The number of para-hydroxylation sites is 1. The topological polar surface area (TPSA) is 34.1 Å². The van der Waals surface area contributed by atoms with Crippen LogP contribution in [0.15, 0.2) is 84.9 Å². The maximum Gasteiger partial charge on any atom is 0.131 e. The van der Waals surface area contributed by atoms with Crippen LogP contribution in [-0.4, -0.2) is 4.98 Å². The van der Waals surface area contributed by atoms with Gasteiger partial charge in [0.1, 0.15) is 23.1 Å². The van der Waals surface area contributed by atoms with Crippen molar-refractivity contribution in [3.05, 3.63) is 90.7 Å². The van der Waals surface area contributed by atoms with Crippen molar-refractivity contribution < 1.29 is 9.13 Å². The Balaban J connectivity index is 1.48. The molecule has 122 valence electrons. The Kier molecular flexibility index (Phi) is 4.01. The van der Waals surface area contributed by atoms with Gasteiger partial charge in [-0.1, -0.05) is 18.2 Å². The molecule has 0 unspecified atom stereocenters. The van der Waals surface area contributed by atoms with Crippen molar-refractivity contribution in [3.8, 4) is 11.5 Å². The zero-order chi connectivity index (χ0) is 17.1. The van der Waals surface area contributed by atoms with Gasteiger partial charge in [-0.25, -0.2) is 9.37 Å². The second kappa shape index (κ2) is 6.61. The van der Waals surface area contributed by atoms with Gasteiger partial charge in [0, 0.05) is 11.1 Å². The van der Waals surface area contributed by atoms with Gasteiger partial charge < -0.3 is 10.1 Å². The summed E-state index contributed by atoms with van der Waals surface area (Å²) in [4.78, 5) is 4.59. The predicted molar refractivity (Wildman–Crippen MR) is 97.9 cm³/mol. The van der Waals surface area contributed by atoms with Crippen molar-refractivity contribution >= 4 is 22.4 Å². The molecule has 0 aliphatic heterocycles. The van der Waals surface area contributed by atoms with Crippen LogP contribution in [0.25, 0.3) is 10.9 Å². The molecule has 1 heterocycles. The van der Waals surface area contributed by atoms with Crippen LogP contribution in [0.1, 0.15) is 0 Å². The summed E-state index contributed by atoms with van der Waals surface area (Å²) >= 11 is 0. The van der Waals surface area contributed by atoms with Crippen LogP contribution in [0.4, 0.5) is 15.9 Å². The average Bonchev–Trinajstić information content (AvgIpc) is 2.65. The number of nitrogens with zero attached hydrogens (tertiary/aromatic N) is 1. The summed E-state index contributed by atoms with van der Waals surface area (Å²) in [7, 11) is 0. The quantitative estimate of drug-likeness (QED) is 0.505. The van der Waals surface area contributed by atoms with Gasteiger partial charge in [-0.3, -0.25) is 0 Å². The van der Waals surface area contributed by atoms with Gasteiger partial charge in [0.25, 0.3) is 0 Å². The van der Waals surface area contributed by atoms with E-state index < -0.39 is 0 Å². The Morgan fingerprint density at radius 3 is 2.16 bits per heavy atom. The number of rotatable bonds is 4. The van der Waals surface area contributed by atoms with Crippen molar-refractivity contribution in [1.29, 1.82) is 0 Å². The molecular formula is C21H15FN2O. The summed E-state index contributed by atoms with van der Waals surface area (Å²) in [5.41, 5.74) is 1.86. The summed E-state index contributed by atoms with van der Waals surface area (Å²) in [6.07, 6.45) is 0. The van der Waals surface area contributed by atoms with Crippen LogP contribution in [0.2, 0.25) is 0 Å². The van der Waals surface area contributed by atoms with Crippen molar-refractivity contribution in [3.63, 3.8) is 0 Å². The lowest BCUT2D eigenvalue weighted by atomic mass is 10.2. The number of pyridine rings is 1. The molecule has 25 heavy (non-hydrogen) atoms. The SMILES string of the molecule is Fc1ccc(Oc2ccc(Nc3ccc4ccccc4n3)cc2)cc1. The van der Waals surface area contributed by atoms with Crippen LogP contribution < -0.4 is 10.1 Å². The van der Waals surface area contributed by atoms with Gasteiger partial charge in [-0.15, -0.1) is 0 Å². The molecule has 1 aromatic heterocycles. The molecule has 0 aliphatic rings. The van der Waals surface area contributed by atoms with Crippen molar-refractivity contribution in [2.45, 2.75) is 0 Å². The van der Waals surface area contributed by atoms with Crippen LogP contribution in [0.5, 0.6) is 11.5 Å². The Hall–Kier alpha value is -3.40. The minimum absolute atomic E-state index is 0.283. The molecule has 0 spiro atoms. The highest BCUT2D eigenvalue weighted by Gasteiger charge is 2.01. The molecule has 4 heteroatoms. The zero-order valence-corrected chi connectivity index (χ0v) is 13.3. The fourth-order valence-corrected chi connectivity index (χ4v) is 2.53. The van der Waals surface area contributed by atoms with E-state index in [2.05, 4.69) is 10.3 Å². The van der Waals surface area contributed by atoms with E-state index in [1.165, 1.54) is 12.1 Å². The van der Waals surface area contributed by atoms with Gasteiger partial charge >= 0.3 is 0 Å². The molecule has 3 aromatic carbocycles. The number of nitrogens with one attached hydrogen (secondary N) is 1. The van der Waals surface area contributed by atoms with Crippen LogP contribution >= 0.6 is 0 Å². The summed E-state index contributed by atoms with van der Waals surface area (Å²) in [6, 6.07) is 25.5. The molecule has 4 rings (SSSR count). The Morgan fingerprint density at radius 2 is 1.40 bits per heavy atom. The van der Waals surface area contributed by atoms with Gasteiger partial charge in [0.15, 0.2) is 0 Å². The van der Waals surface area contributed by atoms with Crippen molar-refractivity contribution in [2.75, 3.05) is 5.32 Å². The van der Waals surface area contributed by atoms with Gasteiger partial charge in [0.2, 0.25) is 0 Å². The average molecular weight is 330 g/mol.